The van der Waals surface area contributed by atoms with Crippen LogP contribution < -0.4 is 5.32 Å². The molecule has 1 aromatic rings. The molecule has 1 saturated carbocycles. The van der Waals surface area contributed by atoms with Crippen molar-refractivity contribution >= 4 is 5.97 Å². The van der Waals surface area contributed by atoms with Crippen LogP contribution in [0.1, 0.15) is 29.0 Å². The molecular weight excluding hydrogens is 259 g/mol. The second-order valence-corrected chi connectivity index (χ2v) is 4.98. The van der Waals surface area contributed by atoms with Crippen LogP contribution in [-0.2, 0) is 22.3 Å². The molecule has 1 N–H and O–H groups in total. The molecule has 19 heavy (non-hydrogen) atoms. The molecule has 0 saturated heterocycles. The Labute approximate surface area is 107 Å². The van der Waals surface area contributed by atoms with E-state index in [9.17, 15) is 18.0 Å². The second-order valence-electron chi connectivity index (χ2n) is 4.98. The zero-order valence-electron chi connectivity index (χ0n) is 10.2. The summed E-state index contributed by atoms with van der Waals surface area (Å²) in [6.07, 6.45) is -3.86. The number of hydrogen-bond acceptors (Lipinski definition) is 3. The van der Waals surface area contributed by atoms with Crippen LogP contribution in [0.15, 0.2) is 18.2 Å². The predicted octanol–water partition coefficient (Wildman–Crippen LogP) is 2.21. The topological polar surface area (TPSA) is 38.3 Å². The van der Waals surface area contributed by atoms with Crippen molar-refractivity contribution in [3.8, 4) is 0 Å². The van der Waals surface area contributed by atoms with Gasteiger partial charge >= 0.3 is 12.1 Å². The third-order valence-electron chi connectivity index (χ3n) is 3.95. The van der Waals surface area contributed by atoms with E-state index in [2.05, 4.69) is 5.32 Å². The Balaban J connectivity index is 1.99. The maximum atomic E-state index is 12.7. The number of nitrogens with one attached hydrogen (secondary N) is 1. The van der Waals surface area contributed by atoms with Gasteiger partial charge in [-0.2, -0.15) is 13.2 Å². The number of rotatable bonds is 1. The van der Waals surface area contributed by atoms with Gasteiger partial charge in [-0.15, -0.1) is 0 Å². The molecule has 6 heteroatoms. The van der Waals surface area contributed by atoms with Crippen LogP contribution in [-0.4, -0.2) is 18.6 Å². The summed E-state index contributed by atoms with van der Waals surface area (Å²) in [5.41, 5.74) is -0.0563. The van der Waals surface area contributed by atoms with Gasteiger partial charge in [-0.3, -0.25) is 10.1 Å². The van der Waals surface area contributed by atoms with Gasteiger partial charge in [0.25, 0.3) is 0 Å². The first kappa shape index (κ1) is 12.5. The minimum absolute atomic E-state index is 0.217. The molecule has 2 aliphatic rings. The molecule has 0 bridgehead atoms. The molecular formula is C13H12F3NO2. The lowest BCUT2D eigenvalue weighted by atomic mass is 9.94. The summed E-state index contributed by atoms with van der Waals surface area (Å²) in [6, 6.07) is 3.71. The second kappa shape index (κ2) is 3.72. The highest BCUT2D eigenvalue weighted by molar-refractivity contribution is 5.87. The molecule has 2 atom stereocenters. The molecule has 0 aromatic heterocycles. The predicted molar refractivity (Wildman–Crippen MR) is 60.4 cm³/mol. The molecule has 1 aliphatic heterocycles. The number of ether oxygens (including phenoxy) is 1. The number of fused-ring (bicyclic) bond motifs is 3. The molecule has 3 nitrogen and oxygen atoms in total. The van der Waals surface area contributed by atoms with Gasteiger partial charge in [0.1, 0.15) is 5.54 Å². The van der Waals surface area contributed by atoms with E-state index in [1.165, 1.54) is 13.2 Å². The maximum absolute atomic E-state index is 12.7. The molecule has 1 heterocycles. The summed E-state index contributed by atoms with van der Waals surface area (Å²) in [5, 5.41) is 3.08. The lowest BCUT2D eigenvalue weighted by molar-refractivity contribution is -0.144. The van der Waals surface area contributed by atoms with Gasteiger partial charge in [0.15, 0.2) is 0 Å². The quantitative estimate of drug-likeness (QED) is 0.796. The van der Waals surface area contributed by atoms with Crippen molar-refractivity contribution in [2.24, 2.45) is 0 Å². The first-order chi connectivity index (χ1) is 8.88. The van der Waals surface area contributed by atoms with Crippen molar-refractivity contribution in [3.05, 3.63) is 34.9 Å². The summed E-state index contributed by atoms with van der Waals surface area (Å²) in [5.74, 6) is -0.619. The molecule has 1 fully saturated rings. The van der Waals surface area contributed by atoms with E-state index in [-0.39, 0.29) is 5.92 Å². The number of halogens is 3. The smallest absolute Gasteiger partial charge is 0.416 e. The van der Waals surface area contributed by atoms with Crippen LogP contribution in [0.2, 0.25) is 0 Å². The summed E-state index contributed by atoms with van der Waals surface area (Å²) >= 11 is 0. The van der Waals surface area contributed by atoms with Crippen molar-refractivity contribution in [3.63, 3.8) is 0 Å². The summed E-state index contributed by atoms with van der Waals surface area (Å²) < 4.78 is 42.9. The van der Waals surface area contributed by atoms with Crippen LogP contribution in [0.5, 0.6) is 0 Å². The van der Waals surface area contributed by atoms with Gasteiger partial charge in [0.05, 0.1) is 12.7 Å². The molecule has 0 spiro atoms. The third kappa shape index (κ3) is 1.74. The van der Waals surface area contributed by atoms with Gasteiger partial charge in [0.2, 0.25) is 0 Å². The van der Waals surface area contributed by atoms with Gasteiger partial charge in [-0.1, -0.05) is 6.07 Å². The van der Waals surface area contributed by atoms with Crippen molar-refractivity contribution in [1.29, 1.82) is 0 Å². The van der Waals surface area contributed by atoms with Crippen LogP contribution in [0.25, 0.3) is 0 Å². The van der Waals surface area contributed by atoms with E-state index in [1.54, 1.807) is 0 Å². The fourth-order valence-electron chi connectivity index (χ4n) is 2.82. The van der Waals surface area contributed by atoms with Gasteiger partial charge in [-0.25, -0.2) is 0 Å². The average molecular weight is 271 g/mol. The van der Waals surface area contributed by atoms with Gasteiger partial charge in [-0.05, 0) is 29.7 Å². The third-order valence-corrected chi connectivity index (χ3v) is 3.95. The summed E-state index contributed by atoms with van der Waals surface area (Å²) in [7, 11) is 1.29. The molecule has 0 amide bonds. The summed E-state index contributed by atoms with van der Waals surface area (Å²) in [6.45, 7) is 0.388. The van der Waals surface area contributed by atoms with Crippen molar-refractivity contribution in [2.45, 2.75) is 30.6 Å². The number of hydrogen-bond donors (Lipinski definition) is 1. The zero-order chi connectivity index (χ0) is 13.8. The van der Waals surface area contributed by atoms with Crippen molar-refractivity contribution in [1.82, 2.24) is 5.32 Å². The molecule has 0 unspecified atom stereocenters. The Hall–Kier alpha value is -1.56. The van der Waals surface area contributed by atoms with E-state index in [1.807, 2.05) is 0 Å². The Morgan fingerprint density at radius 1 is 1.47 bits per heavy atom. The molecule has 0 radical (unpaired) electrons. The largest absolute Gasteiger partial charge is 0.468 e. The fourth-order valence-corrected chi connectivity index (χ4v) is 2.82. The maximum Gasteiger partial charge on any atom is 0.416 e. The lowest BCUT2D eigenvalue weighted by Gasteiger charge is -2.24. The van der Waals surface area contributed by atoms with Crippen LogP contribution in [0.4, 0.5) is 13.2 Å². The number of carbonyl (C=O) groups excluding carboxylic acids is 1. The highest BCUT2D eigenvalue weighted by Gasteiger charge is 2.63. The highest BCUT2D eigenvalue weighted by atomic mass is 19.4. The Morgan fingerprint density at radius 2 is 2.21 bits per heavy atom. The number of methoxy groups -OCH3 is 1. The Morgan fingerprint density at radius 3 is 2.84 bits per heavy atom. The van der Waals surface area contributed by atoms with E-state index >= 15 is 0 Å². The SMILES string of the molecule is COC(=O)[C@@]12C[C@@H]1c1cc(C(F)(F)F)ccc1CN2. The molecule has 102 valence electrons. The molecule has 3 rings (SSSR count). The first-order valence-corrected chi connectivity index (χ1v) is 5.92. The minimum Gasteiger partial charge on any atom is -0.468 e. The monoisotopic (exact) mass is 271 g/mol. The first-order valence-electron chi connectivity index (χ1n) is 5.92. The van der Waals surface area contributed by atoms with Crippen LogP contribution >= 0.6 is 0 Å². The molecule has 1 aromatic carbocycles. The minimum atomic E-state index is -4.36. The van der Waals surface area contributed by atoms with Gasteiger partial charge < -0.3 is 4.74 Å². The number of carbonyl (C=O) groups is 1. The van der Waals surface area contributed by atoms with Gasteiger partial charge in [0, 0.05) is 12.5 Å². The Bertz CT molecular complexity index is 555. The highest BCUT2D eigenvalue weighted by Crippen LogP contribution is 2.56. The standard InChI is InChI=1S/C13H12F3NO2/c1-19-11(18)12-5-10(12)9-4-8(13(14,15)16)3-2-7(9)6-17-12/h2-4,10,17H,5-6H2,1H3/t10-,12-/m1/s1. The van der Waals surface area contributed by atoms with E-state index < -0.39 is 23.2 Å². The summed E-state index contributed by atoms with van der Waals surface area (Å²) in [4.78, 5) is 11.7. The normalized spacial score (nSPS) is 28.3. The van der Waals surface area contributed by atoms with E-state index in [4.69, 9.17) is 4.74 Å². The van der Waals surface area contributed by atoms with Crippen molar-refractivity contribution < 1.29 is 22.7 Å². The number of alkyl halides is 3. The van der Waals surface area contributed by atoms with Crippen molar-refractivity contribution in [2.75, 3.05) is 7.11 Å². The van der Waals surface area contributed by atoms with E-state index in [0.29, 0.717) is 18.5 Å². The lowest BCUT2D eigenvalue weighted by Crippen LogP contribution is -2.43. The average Bonchev–Trinajstić information content (AvgIpc) is 3.12. The van der Waals surface area contributed by atoms with Crippen LogP contribution in [0, 0.1) is 0 Å². The zero-order valence-corrected chi connectivity index (χ0v) is 10.2. The number of esters is 1. The Kier molecular flexibility index (Phi) is 2.44. The number of benzene rings is 1. The van der Waals surface area contributed by atoms with Crippen LogP contribution in [0.3, 0.4) is 0 Å². The fraction of sp³-hybridized carbons (Fsp3) is 0.462. The van der Waals surface area contributed by atoms with E-state index in [0.717, 1.165) is 17.7 Å². The molecule has 1 aliphatic carbocycles.